The summed E-state index contributed by atoms with van der Waals surface area (Å²) in [6.07, 6.45) is -15.5. The van der Waals surface area contributed by atoms with Crippen molar-refractivity contribution >= 4 is 11.9 Å². The third-order valence-electron chi connectivity index (χ3n) is 1.35. The van der Waals surface area contributed by atoms with Crippen molar-refractivity contribution in [2.24, 2.45) is 0 Å². The van der Waals surface area contributed by atoms with Crippen LogP contribution in [0.5, 0.6) is 0 Å². The number of ether oxygens (including phenoxy) is 2. The van der Waals surface area contributed by atoms with Crippen molar-refractivity contribution in [2.45, 2.75) is 31.5 Å². The number of alkyl halides is 8. The molecule has 0 spiro atoms. The molecule has 0 bridgehead atoms. The summed E-state index contributed by atoms with van der Waals surface area (Å²) in [5.74, 6) is -11.7. The van der Waals surface area contributed by atoms with Gasteiger partial charge in [0, 0.05) is 0 Å². The Morgan fingerprint density at radius 3 is 1.21 bits per heavy atom. The lowest BCUT2D eigenvalue weighted by molar-refractivity contribution is -0.218. The van der Waals surface area contributed by atoms with E-state index in [9.17, 15) is 44.7 Å². The van der Waals surface area contributed by atoms with Crippen LogP contribution in [0.3, 0.4) is 0 Å². The first kappa shape index (κ1) is 17.4. The third kappa shape index (κ3) is 4.87. The fourth-order valence-corrected chi connectivity index (χ4v) is 0.539. The molecule has 0 N–H and O–H groups in total. The number of hydrogen-bond acceptors (Lipinski definition) is 4. The summed E-state index contributed by atoms with van der Waals surface area (Å²) in [5, 5.41) is 0. The second kappa shape index (κ2) is 6.52. The largest absolute Gasteiger partial charge is 0.437 e. The highest BCUT2D eigenvalue weighted by Crippen LogP contribution is 2.22. The van der Waals surface area contributed by atoms with Gasteiger partial charge in [0.1, 0.15) is 0 Å². The second-order valence-corrected chi connectivity index (χ2v) is 2.76. The van der Waals surface area contributed by atoms with E-state index >= 15 is 0 Å². The van der Waals surface area contributed by atoms with E-state index < -0.39 is 43.4 Å². The van der Waals surface area contributed by atoms with Crippen LogP contribution in [0.1, 0.15) is 0 Å². The molecule has 12 heteroatoms. The van der Waals surface area contributed by atoms with Gasteiger partial charge in [0.15, 0.2) is 0 Å². The fraction of sp³-hybridized carbons (Fsp3) is 0.714. The summed E-state index contributed by atoms with van der Waals surface area (Å²) < 4.78 is 101. The average molecular weight is 304 g/mol. The highest BCUT2D eigenvalue weighted by molar-refractivity contribution is 6.01. The van der Waals surface area contributed by atoms with Crippen LogP contribution in [0, 0.1) is 0 Å². The van der Waals surface area contributed by atoms with E-state index in [1.807, 2.05) is 0 Å². The van der Waals surface area contributed by atoms with E-state index in [1.165, 1.54) is 0 Å². The molecule has 0 aliphatic rings. The molecule has 19 heavy (non-hydrogen) atoms. The van der Waals surface area contributed by atoms with Crippen LogP contribution in [0.15, 0.2) is 0 Å². The normalized spacial score (nSPS) is 15.3. The Morgan fingerprint density at radius 1 is 0.737 bits per heavy atom. The molecule has 0 aromatic heterocycles. The van der Waals surface area contributed by atoms with Crippen molar-refractivity contribution in [3.8, 4) is 0 Å². The first-order chi connectivity index (χ1) is 8.50. The Balaban J connectivity index is 4.67. The van der Waals surface area contributed by atoms with Gasteiger partial charge < -0.3 is 9.47 Å². The molecule has 2 unspecified atom stereocenters. The van der Waals surface area contributed by atoms with Crippen molar-refractivity contribution in [1.29, 1.82) is 0 Å². The van der Waals surface area contributed by atoms with Crippen LogP contribution < -0.4 is 0 Å². The summed E-state index contributed by atoms with van der Waals surface area (Å²) >= 11 is 0. The number of halogens is 8. The number of hydrogen-bond donors (Lipinski definition) is 0. The first-order valence-corrected chi connectivity index (χ1v) is 4.14. The van der Waals surface area contributed by atoms with Crippen molar-refractivity contribution in [3.63, 3.8) is 0 Å². The van der Waals surface area contributed by atoms with Crippen LogP contribution in [0.25, 0.3) is 0 Å². The zero-order valence-electron chi connectivity index (χ0n) is 8.47. The van der Waals surface area contributed by atoms with Crippen molar-refractivity contribution in [2.75, 3.05) is 0 Å². The maximum absolute atomic E-state index is 12.7. The number of rotatable bonds is 6. The monoisotopic (exact) mass is 304 g/mol. The summed E-state index contributed by atoms with van der Waals surface area (Å²) in [5.41, 5.74) is 0. The zero-order chi connectivity index (χ0) is 15.4. The van der Waals surface area contributed by atoms with E-state index in [4.69, 9.17) is 0 Å². The maximum atomic E-state index is 12.7. The van der Waals surface area contributed by atoms with Crippen molar-refractivity contribution in [3.05, 3.63) is 0 Å². The lowest BCUT2D eigenvalue weighted by Crippen LogP contribution is -2.44. The van der Waals surface area contributed by atoms with Crippen molar-refractivity contribution in [1.82, 2.24) is 0 Å². The lowest BCUT2D eigenvalue weighted by Gasteiger charge is -2.16. The summed E-state index contributed by atoms with van der Waals surface area (Å²) in [4.78, 5) is 20.8. The Kier molecular flexibility index (Phi) is 5.96. The zero-order valence-corrected chi connectivity index (χ0v) is 8.47. The molecule has 0 aliphatic heterocycles. The molecular formula is C7H4F8O4. The quantitative estimate of drug-likeness (QED) is 0.427. The molecule has 2 atom stereocenters. The average Bonchev–Trinajstić information content (AvgIpc) is 2.27. The predicted molar refractivity (Wildman–Crippen MR) is 38.9 cm³/mol. The number of esters is 2. The molecule has 0 fully saturated rings. The molecule has 0 saturated carbocycles. The van der Waals surface area contributed by atoms with Crippen LogP contribution in [-0.4, -0.2) is 43.4 Å². The molecule has 0 saturated heterocycles. The molecule has 4 nitrogen and oxygen atoms in total. The molecule has 0 radical (unpaired) electrons. The number of carbonyl (C=O) groups is 2. The van der Waals surface area contributed by atoms with Crippen LogP contribution in [0.4, 0.5) is 35.1 Å². The van der Waals surface area contributed by atoms with Gasteiger partial charge in [-0.2, -0.15) is 17.6 Å². The first-order valence-electron chi connectivity index (χ1n) is 4.14. The van der Waals surface area contributed by atoms with Gasteiger partial charge in [0.2, 0.25) is 0 Å². The topological polar surface area (TPSA) is 52.6 Å². The molecule has 0 aromatic rings. The molecule has 0 amide bonds. The summed E-state index contributed by atoms with van der Waals surface area (Å²) in [7, 11) is 0. The van der Waals surface area contributed by atoms with Crippen LogP contribution in [0.2, 0.25) is 0 Å². The van der Waals surface area contributed by atoms with Gasteiger partial charge in [-0.1, -0.05) is 0 Å². The highest BCUT2D eigenvalue weighted by Gasteiger charge is 2.53. The van der Waals surface area contributed by atoms with Gasteiger partial charge in [0.25, 0.3) is 0 Å². The minimum atomic E-state index is -5.42. The van der Waals surface area contributed by atoms with E-state index in [0.717, 1.165) is 0 Å². The fourth-order valence-electron chi connectivity index (χ4n) is 0.539. The van der Waals surface area contributed by atoms with Gasteiger partial charge in [-0.25, -0.2) is 27.2 Å². The molecule has 0 aliphatic carbocycles. The van der Waals surface area contributed by atoms with Crippen molar-refractivity contribution < 1.29 is 54.2 Å². The molecule has 0 rings (SSSR count). The van der Waals surface area contributed by atoms with E-state index in [2.05, 4.69) is 9.47 Å². The Hall–Kier alpha value is -1.62. The van der Waals surface area contributed by atoms with E-state index in [-0.39, 0.29) is 0 Å². The molecule has 112 valence electrons. The van der Waals surface area contributed by atoms with Gasteiger partial charge in [-0.15, -0.1) is 0 Å². The summed E-state index contributed by atoms with van der Waals surface area (Å²) in [6.45, 7) is 0. The molecule has 0 aromatic carbocycles. The molecule has 0 heterocycles. The smallest absolute Gasteiger partial charge is 0.420 e. The predicted octanol–water partition coefficient (Wildman–Crippen LogP) is 1.83. The second-order valence-electron chi connectivity index (χ2n) is 2.76. The standard InChI is InChI=1S/C7H4F8O4/c8-1(9)3(12)18-5(16)7(14,15)6(17)19-4(13)2(10)11/h1-4H. The van der Waals surface area contributed by atoms with Crippen LogP contribution in [-0.2, 0) is 19.1 Å². The van der Waals surface area contributed by atoms with E-state index in [0.29, 0.717) is 0 Å². The summed E-state index contributed by atoms with van der Waals surface area (Å²) in [6, 6.07) is 0. The molecular weight excluding hydrogens is 300 g/mol. The van der Waals surface area contributed by atoms with Gasteiger partial charge in [-0.05, 0) is 0 Å². The van der Waals surface area contributed by atoms with Gasteiger partial charge in [0.05, 0.1) is 0 Å². The Morgan fingerprint density at radius 2 is 1.00 bits per heavy atom. The van der Waals surface area contributed by atoms with E-state index in [1.54, 1.807) is 0 Å². The minimum Gasteiger partial charge on any atom is -0.420 e. The Labute approximate surface area is 98.8 Å². The number of carbonyl (C=O) groups excluding carboxylic acids is 2. The van der Waals surface area contributed by atoms with Gasteiger partial charge in [-0.3, -0.25) is 0 Å². The van der Waals surface area contributed by atoms with Crippen LogP contribution >= 0.6 is 0 Å². The SMILES string of the molecule is O=C(OC(F)C(F)F)C(F)(F)C(=O)OC(F)C(F)F. The lowest BCUT2D eigenvalue weighted by atomic mass is 10.3. The third-order valence-corrected chi connectivity index (χ3v) is 1.35. The maximum Gasteiger partial charge on any atom is 0.437 e. The van der Waals surface area contributed by atoms with Gasteiger partial charge >= 0.3 is 43.4 Å². The minimum absolute atomic E-state index is 2.82. The highest BCUT2D eigenvalue weighted by atomic mass is 19.3. The Bertz CT molecular complexity index is 303.